The zero-order valence-corrected chi connectivity index (χ0v) is 14.5. The van der Waals surface area contributed by atoms with Crippen LogP contribution in [0, 0.1) is 5.82 Å². The first-order chi connectivity index (χ1) is 11.7. The molecule has 0 aromatic heterocycles. The van der Waals surface area contributed by atoms with Gasteiger partial charge in [-0.25, -0.2) is 4.39 Å². The van der Waals surface area contributed by atoms with Crippen molar-refractivity contribution in [2.24, 2.45) is 0 Å². The Kier molecular flexibility index (Phi) is 5.52. The van der Waals surface area contributed by atoms with Gasteiger partial charge >= 0.3 is 0 Å². The van der Waals surface area contributed by atoms with E-state index in [0.717, 1.165) is 30.7 Å². The quantitative estimate of drug-likeness (QED) is 0.834. The molecule has 1 aliphatic carbocycles. The third-order valence-corrected chi connectivity index (χ3v) is 5.13. The molecule has 0 bridgehead atoms. The monoisotopic (exact) mass is 327 g/mol. The number of methoxy groups -OCH3 is 1. The molecule has 2 nitrogen and oxygen atoms in total. The van der Waals surface area contributed by atoms with Crippen molar-refractivity contribution in [3.8, 4) is 5.75 Å². The summed E-state index contributed by atoms with van der Waals surface area (Å²) in [5.74, 6) is 1.64. The molecule has 24 heavy (non-hydrogen) atoms. The lowest BCUT2D eigenvalue weighted by atomic mass is 9.76. The summed E-state index contributed by atoms with van der Waals surface area (Å²) in [4.78, 5) is 0. The van der Waals surface area contributed by atoms with E-state index in [4.69, 9.17) is 4.74 Å². The van der Waals surface area contributed by atoms with Gasteiger partial charge in [-0.15, -0.1) is 0 Å². The van der Waals surface area contributed by atoms with E-state index < -0.39 is 0 Å². The number of fused-ring (bicyclic) bond motifs is 1. The Balaban J connectivity index is 1.84. The van der Waals surface area contributed by atoms with Crippen molar-refractivity contribution in [2.75, 3.05) is 20.7 Å². The average Bonchev–Trinajstić information content (AvgIpc) is 2.61. The number of likely N-dealkylation sites (N-methyl/N-ethyl adjacent to an activating group) is 1. The number of aryl methyl sites for hydroxylation is 1. The summed E-state index contributed by atoms with van der Waals surface area (Å²) >= 11 is 0. The van der Waals surface area contributed by atoms with Crippen LogP contribution in [0.15, 0.2) is 42.5 Å². The average molecular weight is 327 g/mol. The van der Waals surface area contributed by atoms with Crippen molar-refractivity contribution in [3.05, 3.63) is 65.0 Å². The summed E-state index contributed by atoms with van der Waals surface area (Å²) in [6.07, 6.45) is 4.58. The molecule has 3 rings (SSSR count). The van der Waals surface area contributed by atoms with Gasteiger partial charge < -0.3 is 10.1 Å². The summed E-state index contributed by atoms with van der Waals surface area (Å²) in [7, 11) is 3.68. The summed E-state index contributed by atoms with van der Waals surface area (Å²) < 4.78 is 19.0. The largest absolute Gasteiger partial charge is 0.497 e. The molecule has 0 radical (unpaired) electrons. The number of nitrogens with one attached hydrogen (secondary N) is 1. The van der Waals surface area contributed by atoms with Crippen molar-refractivity contribution in [1.29, 1.82) is 0 Å². The molecule has 2 aromatic rings. The van der Waals surface area contributed by atoms with Crippen molar-refractivity contribution < 1.29 is 9.13 Å². The Morgan fingerprint density at radius 1 is 1.25 bits per heavy atom. The lowest BCUT2D eigenvalue weighted by molar-refractivity contribution is 0.411. The first-order valence-electron chi connectivity index (χ1n) is 8.78. The molecule has 0 saturated heterocycles. The molecule has 3 heteroatoms. The zero-order chi connectivity index (χ0) is 16.9. The van der Waals surface area contributed by atoms with Crippen LogP contribution in [0.25, 0.3) is 0 Å². The van der Waals surface area contributed by atoms with Gasteiger partial charge in [0.25, 0.3) is 0 Å². The van der Waals surface area contributed by atoms with Gasteiger partial charge in [0, 0.05) is 6.54 Å². The number of ether oxygens (including phenoxy) is 1. The first kappa shape index (κ1) is 17.0. The van der Waals surface area contributed by atoms with E-state index in [-0.39, 0.29) is 5.82 Å². The van der Waals surface area contributed by atoms with Crippen LogP contribution in [-0.2, 0) is 6.42 Å². The second kappa shape index (κ2) is 7.80. The standard InChI is InChI=1S/C21H26FNO/c1-23-14-18(15-5-4-8-19(22)12-15)11-16-6-3-7-17-13-20(24-2)9-10-21(16)17/h4-5,8-10,12-13,16,18,23H,3,6-7,11,14H2,1-2H3. The molecule has 2 aromatic carbocycles. The van der Waals surface area contributed by atoms with Gasteiger partial charge in [0.1, 0.15) is 11.6 Å². The Morgan fingerprint density at radius 2 is 2.12 bits per heavy atom. The van der Waals surface area contributed by atoms with E-state index in [1.165, 1.54) is 30.0 Å². The minimum absolute atomic E-state index is 0.151. The maximum atomic E-state index is 13.6. The summed E-state index contributed by atoms with van der Waals surface area (Å²) in [5, 5.41) is 3.28. The highest BCUT2D eigenvalue weighted by atomic mass is 19.1. The first-order valence-corrected chi connectivity index (χ1v) is 8.78. The normalized spacial score (nSPS) is 18.0. The molecule has 0 saturated carbocycles. The Labute approximate surface area is 144 Å². The number of halogens is 1. The van der Waals surface area contributed by atoms with Gasteiger partial charge in [-0.2, -0.15) is 0 Å². The molecule has 1 aliphatic rings. The molecule has 0 fully saturated rings. The maximum absolute atomic E-state index is 13.6. The van der Waals surface area contributed by atoms with Crippen molar-refractivity contribution in [1.82, 2.24) is 5.32 Å². The number of hydrogen-bond donors (Lipinski definition) is 1. The number of rotatable bonds is 6. The summed E-state index contributed by atoms with van der Waals surface area (Å²) in [6.45, 7) is 0.867. The minimum atomic E-state index is -0.151. The molecular weight excluding hydrogens is 301 g/mol. The van der Waals surface area contributed by atoms with E-state index >= 15 is 0 Å². The fourth-order valence-electron chi connectivity index (χ4n) is 3.95. The Bertz CT molecular complexity index is 685. The number of benzene rings is 2. The Hall–Kier alpha value is -1.87. The lowest BCUT2D eigenvalue weighted by Gasteiger charge is -2.29. The summed E-state index contributed by atoms with van der Waals surface area (Å²) in [5.41, 5.74) is 3.94. The summed E-state index contributed by atoms with van der Waals surface area (Å²) in [6, 6.07) is 13.5. The highest BCUT2D eigenvalue weighted by Gasteiger charge is 2.24. The predicted octanol–water partition coefficient (Wildman–Crippen LogP) is 4.65. The topological polar surface area (TPSA) is 21.3 Å². The molecule has 0 amide bonds. The van der Waals surface area contributed by atoms with Crippen LogP contribution in [0.2, 0.25) is 0 Å². The van der Waals surface area contributed by atoms with Crippen molar-refractivity contribution >= 4 is 0 Å². The van der Waals surface area contributed by atoms with Gasteiger partial charge in [-0.3, -0.25) is 0 Å². The lowest BCUT2D eigenvalue weighted by Crippen LogP contribution is -2.21. The highest BCUT2D eigenvalue weighted by Crippen LogP contribution is 2.39. The molecular formula is C21H26FNO. The highest BCUT2D eigenvalue weighted by molar-refractivity contribution is 5.39. The molecule has 0 heterocycles. The van der Waals surface area contributed by atoms with Gasteiger partial charge in [-0.05, 0) is 85.5 Å². The SMILES string of the molecule is CNCC(CC1CCCc2cc(OC)ccc21)c1cccc(F)c1. The van der Waals surface area contributed by atoms with Crippen LogP contribution < -0.4 is 10.1 Å². The molecule has 2 unspecified atom stereocenters. The van der Waals surface area contributed by atoms with E-state index in [0.29, 0.717) is 11.8 Å². The van der Waals surface area contributed by atoms with Crippen LogP contribution in [0.5, 0.6) is 5.75 Å². The van der Waals surface area contributed by atoms with Crippen LogP contribution in [0.1, 0.15) is 47.8 Å². The fourth-order valence-corrected chi connectivity index (χ4v) is 3.95. The predicted molar refractivity (Wildman–Crippen MR) is 96.4 cm³/mol. The van der Waals surface area contributed by atoms with Crippen LogP contribution in [0.4, 0.5) is 4.39 Å². The van der Waals surface area contributed by atoms with Crippen LogP contribution in [-0.4, -0.2) is 20.7 Å². The molecule has 0 aliphatic heterocycles. The van der Waals surface area contributed by atoms with Crippen LogP contribution in [0.3, 0.4) is 0 Å². The third kappa shape index (κ3) is 3.78. The molecule has 0 spiro atoms. The zero-order valence-electron chi connectivity index (χ0n) is 14.5. The molecule has 1 N–H and O–H groups in total. The van der Waals surface area contributed by atoms with Gasteiger partial charge in [0.2, 0.25) is 0 Å². The van der Waals surface area contributed by atoms with E-state index in [1.54, 1.807) is 13.2 Å². The van der Waals surface area contributed by atoms with Crippen molar-refractivity contribution in [3.63, 3.8) is 0 Å². The Morgan fingerprint density at radius 3 is 2.88 bits per heavy atom. The number of hydrogen-bond acceptors (Lipinski definition) is 2. The van der Waals surface area contributed by atoms with Gasteiger partial charge in [-0.1, -0.05) is 18.2 Å². The van der Waals surface area contributed by atoms with E-state index in [1.807, 2.05) is 19.2 Å². The fraction of sp³-hybridized carbons (Fsp3) is 0.429. The second-order valence-electron chi connectivity index (χ2n) is 6.70. The van der Waals surface area contributed by atoms with Gasteiger partial charge in [0.15, 0.2) is 0 Å². The molecule has 128 valence electrons. The second-order valence-corrected chi connectivity index (χ2v) is 6.70. The minimum Gasteiger partial charge on any atom is -0.497 e. The van der Waals surface area contributed by atoms with Crippen molar-refractivity contribution in [2.45, 2.75) is 37.5 Å². The van der Waals surface area contributed by atoms with E-state index in [2.05, 4.69) is 23.5 Å². The maximum Gasteiger partial charge on any atom is 0.123 e. The smallest absolute Gasteiger partial charge is 0.123 e. The van der Waals surface area contributed by atoms with Crippen LogP contribution >= 0.6 is 0 Å². The van der Waals surface area contributed by atoms with Gasteiger partial charge in [0.05, 0.1) is 7.11 Å². The van der Waals surface area contributed by atoms with E-state index in [9.17, 15) is 4.39 Å². The third-order valence-electron chi connectivity index (χ3n) is 5.13. The molecule has 2 atom stereocenters.